The molecule has 1 amide bonds. The quantitative estimate of drug-likeness (QED) is 0.799. The van der Waals surface area contributed by atoms with Crippen LogP contribution in [0.5, 0.6) is 5.75 Å². The molecule has 114 valence electrons. The molecule has 2 rings (SSSR count). The average molecular weight is 293 g/mol. The zero-order valence-electron chi connectivity index (χ0n) is 11.9. The van der Waals surface area contributed by atoms with Crippen molar-refractivity contribution in [2.45, 2.75) is 6.42 Å². The first-order chi connectivity index (χ1) is 10.1. The van der Waals surface area contributed by atoms with Crippen LogP contribution in [0.1, 0.15) is 16.8 Å². The van der Waals surface area contributed by atoms with Crippen LogP contribution in [0.15, 0.2) is 24.3 Å². The summed E-state index contributed by atoms with van der Waals surface area (Å²) in [6.07, 6.45) is 0.505. The molecule has 0 spiro atoms. The lowest BCUT2D eigenvalue weighted by atomic mass is 10.1. The van der Waals surface area contributed by atoms with E-state index in [1.165, 1.54) is 0 Å². The summed E-state index contributed by atoms with van der Waals surface area (Å²) in [6, 6.07) is 6.91. The topological polar surface area (TPSA) is 76.1 Å². The molecule has 1 aliphatic heterocycles. The molecule has 0 bridgehead atoms. The lowest BCUT2D eigenvalue weighted by Gasteiger charge is -2.16. The number of carbonyl (C=O) groups excluding carboxylic acids is 1. The average Bonchev–Trinajstić information content (AvgIpc) is 2.97. The fourth-order valence-electron chi connectivity index (χ4n) is 2.29. The summed E-state index contributed by atoms with van der Waals surface area (Å²) in [7, 11) is 1.59. The van der Waals surface area contributed by atoms with Crippen molar-refractivity contribution < 1.29 is 24.2 Å². The minimum atomic E-state index is -0.845. The van der Waals surface area contributed by atoms with Gasteiger partial charge in [0.25, 0.3) is 5.91 Å². The summed E-state index contributed by atoms with van der Waals surface area (Å²) in [4.78, 5) is 24.9. The summed E-state index contributed by atoms with van der Waals surface area (Å²) in [5.41, 5.74) is 0.510. The van der Waals surface area contributed by atoms with Gasteiger partial charge in [-0.3, -0.25) is 9.59 Å². The monoisotopic (exact) mass is 293 g/mol. The number of nitrogens with zero attached hydrogens (tertiary/aromatic N) is 1. The van der Waals surface area contributed by atoms with E-state index >= 15 is 0 Å². The van der Waals surface area contributed by atoms with E-state index in [-0.39, 0.29) is 12.5 Å². The minimum Gasteiger partial charge on any atom is -0.491 e. The Hall–Kier alpha value is -2.08. The highest BCUT2D eigenvalue weighted by Gasteiger charge is 2.31. The fraction of sp³-hybridized carbons (Fsp3) is 0.467. The van der Waals surface area contributed by atoms with Crippen LogP contribution in [-0.4, -0.2) is 55.3 Å². The molecule has 1 heterocycles. The fourth-order valence-corrected chi connectivity index (χ4v) is 2.29. The third-order valence-corrected chi connectivity index (χ3v) is 3.46. The van der Waals surface area contributed by atoms with Crippen molar-refractivity contribution in [3.05, 3.63) is 29.8 Å². The number of amides is 1. The molecular formula is C15H19NO5. The van der Waals surface area contributed by atoms with E-state index < -0.39 is 11.9 Å². The number of hydrogen-bond acceptors (Lipinski definition) is 4. The molecule has 21 heavy (non-hydrogen) atoms. The van der Waals surface area contributed by atoms with Gasteiger partial charge in [0.1, 0.15) is 12.4 Å². The maximum Gasteiger partial charge on any atom is 0.308 e. The van der Waals surface area contributed by atoms with Crippen LogP contribution in [0.4, 0.5) is 0 Å². The SMILES string of the molecule is COCCOc1cccc(C(=O)N2CCC(C(=O)O)C2)c1. The van der Waals surface area contributed by atoms with Gasteiger partial charge < -0.3 is 19.5 Å². The van der Waals surface area contributed by atoms with Gasteiger partial charge in [-0.05, 0) is 24.6 Å². The van der Waals surface area contributed by atoms with E-state index in [9.17, 15) is 9.59 Å². The van der Waals surface area contributed by atoms with E-state index in [2.05, 4.69) is 0 Å². The number of rotatable bonds is 6. The van der Waals surface area contributed by atoms with Crippen LogP contribution in [0.25, 0.3) is 0 Å². The Balaban J connectivity index is 1.99. The second-order valence-electron chi connectivity index (χ2n) is 4.94. The Morgan fingerprint density at radius 1 is 1.38 bits per heavy atom. The van der Waals surface area contributed by atoms with E-state index in [0.717, 1.165) is 0 Å². The summed E-state index contributed by atoms with van der Waals surface area (Å²) in [5, 5.41) is 8.98. The second kappa shape index (κ2) is 7.08. The lowest BCUT2D eigenvalue weighted by molar-refractivity contribution is -0.141. The minimum absolute atomic E-state index is 0.157. The summed E-state index contributed by atoms with van der Waals surface area (Å²) in [5.74, 6) is -0.861. The van der Waals surface area contributed by atoms with Crippen molar-refractivity contribution in [2.24, 2.45) is 5.92 Å². The molecule has 1 N–H and O–H groups in total. The van der Waals surface area contributed by atoms with Gasteiger partial charge in [-0.15, -0.1) is 0 Å². The van der Waals surface area contributed by atoms with E-state index in [1.807, 2.05) is 0 Å². The molecule has 0 radical (unpaired) electrons. The normalized spacial score (nSPS) is 17.8. The number of methoxy groups -OCH3 is 1. The smallest absolute Gasteiger partial charge is 0.308 e. The zero-order chi connectivity index (χ0) is 15.2. The molecule has 0 aromatic heterocycles. The number of aliphatic carboxylic acids is 1. The molecular weight excluding hydrogens is 274 g/mol. The number of carbonyl (C=O) groups is 2. The molecule has 0 saturated carbocycles. The first-order valence-corrected chi connectivity index (χ1v) is 6.85. The van der Waals surface area contributed by atoms with Gasteiger partial charge in [-0.1, -0.05) is 6.07 Å². The van der Waals surface area contributed by atoms with Crippen molar-refractivity contribution in [3.8, 4) is 5.75 Å². The molecule has 0 aliphatic carbocycles. The number of hydrogen-bond donors (Lipinski definition) is 1. The molecule has 6 nitrogen and oxygen atoms in total. The van der Waals surface area contributed by atoms with Gasteiger partial charge in [0.05, 0.1) is 12.5 Å². The van der Waals surface area contributed by atoms with Gasteiger partial charge in [-0.25, -0.2) is 0 Å². The summed E-state index contributed by atoms with van der Waals surface area (Å²) >= 11 is 0. The summed E-state index contributed by atoms with van der Waals surface area (Å²) < 4.78 is 10.4. The molecule has 1 aromatic rings. The predicted octanol–water partition coefficient (Wildman–Crippen LogP) is 1.26. The lowest BCUT2D eigenvalue weighted by Crippen LogP contribution is -2.29. The van der Waals surface area contributed by atoms with Crippen molar-refractivity contribution >= 4 is 11.9 Å². The predicted molar refractivity (Wildman–Crippen MR) is 75.5 cm³/mol. The number of benzene rings is 1. The van der Waals surface area contributed by atoms with Crippen LogP contribution in [0.2, 0.25) is 0 Å². The van der Waals surface area contributed by atoms with Gasteiger partial charge in [0, 0.05) is 25.8 Å². The molecule has 1 saturated heterocycles. The maximum absolute atomic E-state index is 12.4. The van der Waals surface area contributed by atoms with Crippen LogP contribution >= 0.6 is 0 Å². The van der Waals surface area contributed by atoms with Crippen LogP contribution in [0.3, 0.4) is 0 Å². The summed E-state index contributed by atoms with van der Waals surface area (Å²) in [6.45, 7) is 1.64. The van der Waals surface area contributed by atoms with E-state index in [1.54, 1.807) is 36.3 Å². The van der Waals surface area contributed by atoms with Gasteiger partial charge in [0.2, 0.25) is 0 Å². The number of carboxylic acid groups (broad SMARTS) is 1. The highest BCUT2D eigenvalue weighted by atomic mass is 16.5. The Kier molecular flexibility index (Phi) is 5.16. The van der Waals surface area contributed by atoms with E-state index in [0.29, 0.717) is 37.5 Å². The molecule has 1 aliphatic rings. The van der Waals surface area contributed by atoms with E-state index in [4.69, 9.17) is 14.6 Å². The first kappa shape index (κ1) is 15.3. The van der Waals surface area contributed by atoms with Crippen molar-refractivity contribution in [1.29, 1.82) is 0 Å². The van der Waals surface area contributed by atoms with Crippen LogP contribution in [-0.2, 0) is 9.53 Å². The van der Waals surface area contributed by atoms with Crippen molar-refractivity contribution in [2.75, 3.05) is 33.4 Å². The molecule has 1 aromatic carbocycles. The largest absolute Gasteiger partial charge is 0.491 e. The Morgan fingerprint density at radius 2 is 2.19 bits per heavy atom. The molecule has 6 heteroatoms. The highest BCUT2D eigenvalue weighted by Crippen LogP contribution is 2.21. The molecule has 1 atom stereocenters. The molecule has 1 fully saturated rings. The first-order valence-electron chi connectivity index (χ1n) is 6.85. The number of likely N-dealkylation sites (tertiary alicyclic amines) is 1. The van der Waals surface area contributed by atoms with Crippen molar-refractivity contribution in [1.82, 2.24) is 4.90 Å². The Labute approximate surface area is 123 Å². The number of carboxylic acids is 1. The third-order valence-electron chi connectivity index (χ3n) is 3.46. The van der Waals surface area contributed by atoms with Gasteiger partial charge in [0.15, 0.2) is 0 Å². The van der Waals surface area contributed by atoms with Crippen molar-refractivity contribution in [3.63, 3.8) is 0 Å². The number of ether oxygens (including phenoxy) is 2. The Morgan fingerprint density at radius 3 is 2.86 bits per heavy atom. The second-order valence-corrected chi connectivity index (χ2v) is 4.94. The maximum atomic E-state index is 12.4. The highest BCUT2D eigenvalue weighted by molar-refractivity contribution is 5.95. The Bertz CT molecular complexity index is 517. The van der Waals surface area contributed by atoms with Gasteiger partial charge in [-0.2, -0.15) is 0 Å². The van der Waals surface area contributed by atoms with Crippen LogP contribution in [0, 0.1) is 5.92 Å². The zero-order valence-corrected chi connectivity index (χ0v) is 11.9. The standard InChI is InChI=1S/C15H19NO5/c1-20-7-8-21-13-4-2-3-11(9-13)14(17)16-6-5-12(10-16)15(18)19/h2-4,9,12H,5-8,10H2,1H3,(H,18,19). The van der Waals surface area contributed by atoms with Crippen LogP contribution < -0.4 is 4.74 Å². The molecule has 1 unspecified atom stereocenters. The van der Waals surface area contributed by atoms with Gasteiger partial charge >= 0.3 is 5.97 Å². The third kappa shape index (κ3) is 3.95.